The van der Waals surface area contributed by atoms with Crippen LogP contribution in [0.25, 0.3) is 10.9 Å². The molecule has 20 heavy (non-hydrogen) atoms. The molecule has 1 N–H and O–H groups in total. The summed E-state index contributed by atoms with van der Waals surface area (Å²) >= 11 is 0. The highest BCUT2D eigenvalue weighted by atomic mass is 15.1. The van der Waals surface area contributed by atoms with Gasteiger partial charge in [-0.1, -0.05) is 24.3 Å². The fraction of sp³-hybridized carbons (Fsp3) is 0.471. The zero-order chi connectivity index (χ0) is 13.6. The van der Waals surface area contributed by atoms with Gasteiger partial charge in [0.05, 0.1) is 5.52 Å². The van der Waals surface area contributed by atoms with Gasteiger partial charge in [0.15, 0.2) is 0 Å². The third-order valence-electron chi connectivity index (χ3n) is 4.06. The SMILES string of the molecule is c1cnc2c(CNCCCN3CCCC3)cccc2c1. The van der Waals surface area contributed by atoms with Crippen LogP contribution in [-0.4, -0.2) is 36.1 Å². The maximum Gasteiger partial charge on any atom is 0.0746 e. The number of hydrogen-bond acceptors (Lipinski definition) is 3. The van der Waals surface area contributed by atoms with Crippen molar-refractivity contribution in [3.63, 3.8) is 0 Å². The highest BCUT2D eigenvalue weighted by molar-refractivity contribution is 5.81. The fourth-order valence-corrected chi connectivity index (χ4v) is 2.97. The minimum atomic E-state index is 0.911. The Hall–Kier alpha value is -1.45. The van der Waals surface area contributed by atoms with Crippen LogP contribution in [-0.2, 0) is 6.54 Å². The lowest BCUT2D eigenvalue weighted by Crippen LogP contribution is -2.24. The molecule has 0 bridgehead atoms. The van der Waals surface area contributed by atoms with Crippen LogP contribution >= 0.6 is 0 Å². The van der Waals surface area contributed by atoms with Gasteiger partial charge < -0.3 is 10.2 Å². The van der Waals surface area contributed by atoms with E-state index in [2.05, 4.69) is 39.5 Å². The minimum absolute atomic E-state index is 0.911. The first-order chi connectivity index (χ1) is 9.93. The van der Waals surface area contributed by atoms with Gasteiger partial charge in [-0.3, -0.25) is 4.98 Å². The Morgan fingerprint density at radius 3 is 2.85 bits per heavy atom. The van der Waals surface area contributed by atoms with Gasteiger partial charge in [-0.2, -0.15) is 0 Å². The Bertz CT molecular complexity index is 541. The maximum atomic E-state index is 4.49. The molecule has 2 aromatic rings. The molecule has 0 spiro atoms. The summed E-state index contributed by atoms with van der Waals surface area (Å²) < 4.78 is 0. The highest BCUT2D eigenvalue weighted by Crippen LogP contribution is 2.15. The molecule has 1 aliphatic heterocycles. The maximum absolute atomic E-state index is 4.49. The zero-order valence-electron chi connectivity index (χ0n) is 12.0. The Labute approximate surface area is 121 Å². The van der Waals surface area contributed by atoms with Crippen molar-refractivity contribution in [2.75, 3.05) is 26.2 Å². The lowest BCUT2D eigenvalue weighted by atomic mass is 10.1. The molecule has 1 aromatic heterocycles. The number of nitrogens with one attached hydrogen (secondary N) is 1. The second-order valence-electron chi connectivity index (χ2n) is 5.57. The quantitative estimate of drug-likeness (QED) is 0.817. The van der Waals surface area contributed by atoms with E-state index in [9.17, 15) is 0 Å². The van der Waals surface area contributed by atoms with Crippen molar-refractivity contribution in [3.8, 4) is 0 Å². The molecule has 0 amide bonds. The van der Waals surface area contributed by atoms with Crippen LogP contribution in [0.2, 0.25) is 0 Å². The smallest absolute Gasteiger partial charge is 0.0746 e. The third-order valence-corrected chi connectivity index (χ3v) is 4.06. The van der Waals surface area contributed by atoms with E-state index in [0.717, 1.165) is 18.6 Å². The van der Waals surface area contributed by atoms with Crippen LogP contribution in [0.3, 0.4) is 0 Å². The summed E-state index contributed by atoms with van der Waals surface area (Å²) in [4.78, 5) is 7.07. The van der Waals surface area contributed by atoms with Crippen LogP contribution in [0.1, 0.15) is 24.8 Å². The van der Waals surface area contributed by atoms with Crippen molar-refractivity contribution in [3.05, 3.63) is 42.1 Å². The lowest BCUT2D eigenvalue weighted by Gasteiger charge is -2.14. The molecular formula is C17H23N3. The first-order valence-corrected chi connectivity index (χ1v) is 7.69. The van der Waals surface area contributed by atoms with Gasteiger partial charge in [-0.25, -0.2) is 0 Å². The number of fused-ring (bicyclic) bond motifs is 1. The van der Waals surface area contributed by atoms with E-state index < -0.39 is 0 Å². The van der Waals surface area contributed by atoms with E-state index in [4.69, 9.17) is 0 Å². The molecule has 2 heterocycles. The Morgan fingerprint density at radius 2 is 1.95 bits per heavy atom. The van der Waals surface area contributed by atoms with Gasteiger partial charge in [-0.15, -0.1) is 0 Å². The summed E-state index contributed by atoms with van der Waals surface area (Å²) in [6.07, 6.45) is 5.88. The van der Waals surface area contributed by atoms with E-state index in [1.54, 1.807) is 0 Å². The topological polar surface area (TPSA) is 28.2 Å². The molecule has 1 aliphatic rings. The largest absolute Gasteiger partial charge is 0.313 e. The van der Waals surface area contributed by atoms with Gasteiger partial charge in [0.1, 0.15) is 0 Å². The van der Waals surface area contributed by atoms with Crippen LogP contribution in [0.15, 0.2) is 36.5 Å². The van der Waals surface area contributed by atoms with Crippen LogP contribution in [0.4, 0.5) is 0 Å². The third kappa shape index (κ3) is 3.35. The van der Waals surface area contributed by atoms with Crippen molar-refractivity contribution >= 4 is 10.9 Å². The number of para-hydroxylation sites is 1. The number of aromatic nitrogens is 1. The summed E-state index contributed by atoms with van der Waals surface area (Å²) in [5.74, 6) is 0. The molecule has 1 fully saturated rings. The second kappa shape index (κ2) is 6.82. The molecule has 0 radical (unpaired) electrons. The first kappa shape index (κ1) is 13.5. The Morgan fingerprint density at radius 1 is 1.10 bits per heavy atom. The van der Waals surface area contributed by atoms with Crippen molar-refractivity contribution in [1.82, 2.24) is 15.2 Å². The molecule has 1 saturated heterocycles. The predicted molar refractivity (Wildman–Crippen MR) is 83.7 cm³/mol. The number of pyridine rings is 1. The van der Waals surface area contributed by atoms with Crippen LogP contribution in [0.5, 0.6) is 0 Å². The number of hydrogen-bond donors (Lipinski definition) is 1. The zero-order valence-corrected chi connectivity index (χ0v) is 12.0. The molecule has 3 rings (SSSR count). The Kier molecular flexibility index (Phi) is 4.61. The van der Waals surface area contributed by atoms with E-state index in [0.29, 0.717) is 0 Å². The van der Waals surface area contributed by atoms with E-state index in [-0.39, 0.29) is 0 Å². The number of likely N-dealkylation sites (tertiary alicyclic amines) is 1. The average Bonchev–Trinajstić information content (AvgIpc) is 3.00. The number of nitrogens with zero attached hydrogens (tertiary/aromatic N) is 2. The van der Waals surface area contributed by atoms with Crippen molar-refractivity contribution < 1.29 is 0 Å². The molecule has 0 atom stereocenters. The van der Waals surface area contributed by atoms with E-state index >= 15 is 0 Å². The standard InChI is InChI=1S/C17H23N3/c1-2-12-20(11-1)13-5-9-18-14-16-7-3-6-15-8-4-10-19-17(15)16/h3-4,6-8,10,18H,1-2,5,9,11-14H2. The summed E-state index contributed by atoms with van der Waals surface area (Å²) in [7, 11) is 0. The van der Waals surface area contributed by atoms with Crippen LogP contribution < -0.4 is 5.32 Å². The molecule has 0 aliphatic carbocycles. The van der Waals surface area contributed by atoms with Crippen molar-refractivity contribution in [2.24, 2.45) is 0 Å². The summed E-state index contributed by atoms with van der Waals surface area (Å²) in [5, 5.41) is 4.78. The van der Waals surface area contributed by atoms with E-state index in [1.165, 1.54) is 49.8 Å². The fourth-order valence-electron chi connectivity index (χ4n) is 2.97. The molecule has 3 heteroatoms. The van der Waals surface area contributed by atoms with E-state index in [1.807, 2.05) is 12.3 Å². The lowest BCUT2D eigenvalue weighted by molar-refractivity contribution is 0.331. The monoisotopic (exact) mass is 269 g/mol. The number of rotatable bonds is 6. The number of benzene rings is 1. The van der Waals surface area contributed by atoms with Gasteiger partial charge in [0.2, 0.25) is 0 Å². The Balaban J connectivity index is 1.47. The normalized spacial score (nSPS) is 16.0. The summed E-state index contributed by atoms with van der Waals surface area (Å²) in [6.45, 7) is 5.83. The van der Waals surface area contributed by atoms with Gasteiger partial charge >= 0.3 is 0 Å². The molecule has 3 nitrogen and oxygen atoms in total. The summed E-state index contributed by atoms with van der Waals surface area (Å²) in [6, 6.07) is 10.5. The average molecular weight is 269 g/mol. The first-order valence-electron chi connectivity index (χ1n) is 7.69. The molecule has 106 valence electrons. The molecule has 0 saturated carbocycles. The van der Waals surface area contributed by atoms with Gasteiger partial charge in [-0.05, 0) is 57.1 Å². The minimum Gasteiger partial charge on any atom is -0.313 e. The summed E-state index contributed by atoms with van der Waals surface area (Å²) in [5.41, 5.74) is 2.42. The van der Waals surface area contributed by atoms with Crippen LogP contribution in [0, 0.1) is 0 Å². The van der Waals surface area contributed by atoms with Crippen molar-refractivity contribution in [2.45, 2.75) is 25.8 Å². The predicted octanol–water partition coefficient (Wildman–Crippen LogP) is 2.81. The molecule has 0 unspecified atom stereocenters. The molecule has 1 aromatic carbocycles. The molecular weight excluding hydrogens is 246 g/mol. The highest BCUT2D eigenvalue weighted by Gasteiger charge is 2.10. The van der Waals surface area contributed by atoms with Crippen molar-refractivity contribution in [1.29, 1.82) is 0 Å². The van der Waals surface area contributed by atoms with Gasteiger partial charge in [0, 0.05) is 18.1 Å². The van der Waals surface area contributed by atoms with Gasteiger partial charge in [0.25, 0.3) is 0 Å². The second-order valence-corrected chi connectivity index (χ2v) is 5.57.